The average Bonchev–Trinajstić information content (AvgIpc) is 3.21. The van der Waals surface area contributed by atoms with Crippen molar-refractivity contribution < 1.29 is 4.74 Å². The lowest BCUT2D eigenvalue weighted by Gasteiger charge is -2.13. The third-order valence-corrected chi connectivity index (χ3v) is 3.40. The van der Waals surface area contributed by atoms with Crippen molar-refractivity contribution in [3.63, 3.8) is 0 Å². The molecular weight excluding hydrogens is 224 g/mol. The highest BCUT2D eigenvalue weighted by Gasteiger charge is 2.20. The molecule has 100 valence electrons. The van der Waals surface area contributed by atoms with Gasteiger partial charge < -0.3 is 10.1 Å². The van der Waals surface area contributed by atoms with Crippen LogP contribution in [0, 0.1) is 5.92 Å². The van der Waals surface area contributed by atoms with E-state index in [-0.39, 0.29) is 0 Å². The number of aromatic nitrogens is 1. The molecule has 1 fully saturated rings. The van der Waals surface area contributed by atoms with Crippen LogP contribution in [0.15, 0.2) is 18.3 Å². The summed E-state index contributed by atoms with van der Waals surface area (Å²) in [6.45, 7) is 6.17. The number of rotatable bonds is 8. The van der Waals surface area contributed by atoms with Crippen molar-refractivity contribution in [3.05, 3.63) is 24.0 Å². The van der Waals surface area contributed by atoms with Crippen molar-refractivity contribution in [2.75, 3.05) is 13.2 Å². The van der Waals surface area contributed by atoms with Crippen LogP contribution in [0.25, 0.3) is 0 Å². The van der Waals surface area contributed by atoms with Gasteiger partial charge in [0.05, 0.1) is 18.5 Å². The fraction of sp³-hybridized carbons (Fsp3) is 0.667. The van der Waals surface area contributed by atoms with Crippen molar-refractivity contribution in [1.29, 1.82) is 0 Å². The van der Waals surface area contributed by atoms with Crippen LogP contribution in [0.5, 0.6) is 5.75 Å². The van der Waals surface area contributed by atoms with E-state index in [4.69, 9.17) is 4.74 Å². The molecule has 1 unspecified atom stereocenters. The Morgan fingerprint density at radius 2 is 2.28 bits per heavy atom. The van der Waals surface area contributed by atoms with Gasteiger partial charge in [0.25, 0.3) is 0 Å². The van der Waals surface area contributed by atoms with Crippen LogP contribution in [0.4, 0.5) is 0 Å². The molecule has 0 amide bonds. The molecule has 0 spiro atoms. The molecule has 1 aromatic rings. The van der Waals surface area contributed by atoms with Crippen molar-refractivity contribution in [1.82, 2.24) is 10.3 Å². The molecule has 0 saturated heterocycles. The zero-order chi connectivity index (χ0) is 12.8. The first-order chi connectivity index (χ1) is 8.79. The molecule has 0 radical (unpaired) electrons. The average molecular weight is 248 g/mol. The van der Waals surface area contributed by atoms with Gasteiger partial charge in [-0.25, -0.2) is 0 Å². The Bertz CT molecular complexity index is 346. The van der Waals surface area contributed by atoms with E-state index < -0.39 is 0 Å². The van der Waals surface area contributed by atoms with Crippen LogP contribution >= 0.6 is 0 Å². The van der Waals surface area contributed by atoms with Crippen molar-refractivity contribution >= 4 is 0 Å². The van der Waals surface area contributed by atoms with Gasteiger partial charge in [0.1, 0.15) is 5.75 Å². The number of hydrogen-bond donors (Lipinski definition) is 1. The molecule has 1 saturated carbocycles. The lowest BCUT2D eigenvalue weighted by molar-refractivity contribution is 0.301. The predicted molar refractivity (Wildman–Crippen MR) is 73.8 cm³/mol. The first-order valence-corrected chi connectivity index (χ1v) is 7.11. The van der Waals surface area contributed by atoms with Crippen LogP contribution in [-0.2, 0) is 0 Å². The monoisotopic (exact) mass is 248 g/mol. The Hall–Kier alpha value is -1.09. The van der Waals surface area contributed by atoms with E-state index in [9.17, 15) is 0 Å². The van der Waals surface area contributed by atoms with Gasteiger partial charge in [-0.1, -0.05) is 19.8 Å². The molecule has 0 aromatic carbocycles. The van der Waals surface area contributed by atoms with Gasteiger partial charge in [0, 0.05) is 6.04 Å². The summed E-state index contributed by atoms with van der Waals surface area (Å²) in [7, 11) is 0. The van der Waals surface area contributed by atoms with E-state index in [0.717, 1.165) is 36.9 Å². The number of nitrogens with zero attached hydrogens (tertiary/aromatic N) is 1. The molecule has 1 atom stereocenters. The fourth-order valence-electron chi connectivity index (χ4n) is 1.95. The SMILES string of the molecule is CCCNC(C)c1ccc(OCCC2CC2)cn1. The molecule has 18 heavy (non-hydrogen) atoms. The number of pyridine rings is 1. The summed E-state index contributed by atoms with van der Waals surface area (Å²) >= 11 is 0. The first kappa shape index (κ1) is 13.3. The van der Waals surface area contributed by atoms with Gasteiger partial charge in [-0.2, -0.15) is 0 Å². The van der Waals surface area contributed by atoms with Crippen LogP contribution in [-0.4, -0.2) is 18.1 Å². The quantitative estimate of drug-likeness (QED) is 0.766. The second kappa shape index (κ2) is 6.74. The van der Waals surface area contributed by atoms with E-state index in [1.165, 1.54) is 19.3 Å². The summed E-state index contributed by atoms with van der Waals surface area (Å²) in [4.78, 5) is 4.46. The zero-order valence-corrected chi connectivity index (χ0v) is 11.5. The minimum Gasteiger partial charge on any atom is -0.492 e. The van der Waals surface area contributed by atoms with Gasteiger partial charge in [-0.05, 0) is 44.4 Å². The van der Waals surface area contributed by atoms with Crippen LogP contribution in [0.3, 0.4) is 0 Å². The Morgan fingerprint density at radius 1 is 1.44 bits per heavy atom. The van der Waals surface area contributed by atoms with Crippen LogP contribution < -0.4 is 10.1 Å². The highest BCUT2D eigenvalue weighted by Crippen LogP contribution is 2.32. The Labute approximate surface area is 110 Å². The smallest absolute Gasteiger partial charge is 0.137 e. The standard InChI is InChI=1S/C15H24N2O/c1-3-9-16-12(2)15-7-6-14(11-17-15)18-10-8-13-4-5-13/h6-7,11-13,16H,3-5,8-10H2,1-2H3. The second-order valence-electron chi connectivity index (χ2n) is 5.18. The topological polar surface area (TPSA) is 34.1 Å². The van der Waals surface area contributed by atoms with Gasteiger partial charge in [-0.15, -0.1) is 0 Å². The van der Waals surface area contributed by atoms with E-state index in [0.29, 0.717) is 6.04 Å². The van der Waals surface area contributed by atoms with Gasteiger partial charge in [0.15, 0.2) is 0 Å². The first-order valence-electron chi connectivity index (χ1n) is 7.11. The van der Waals surface area contributed by atoms with Gasteiger partial charge >= 0.3 is 0 Å². The highest BCUT2D eigenvalue weighted by molar-refractivity contribution is 5.21. The minimum atomic E-state index is 0.311. The summed E-state index contributed by atoms with van der Waals surface area (Å²) < 4.78 is 5.69. The molecule has 3 heteroatoms. The number of hydrogen-bond acceptors (Lipinski definition) is 3. The van der Waals surface area contributed by atoms with E-state index in [1.54, 1.807) is 0 Å². The van der Waals surface area contributed by atoms with Gasteiger partial charge in [-0.3, -0.25) is 4.98 Å². The number of ether oxygens (including phenoxy) is 1. The maximum absolute atomic E-state index is 5.69. The third kappa shape index (κ3) is 4.30. The summed E-state index contributed by atoms with van der Waals surface area (Å²) in [6, 6.07) is 4.39. The highest BCUT2D eigenvalue weighted by atomic mass is 16.5. The zero-order valence-electron chi connectivity index (χ0n) is 11.5. The molecule has 1 aromatic heterocycles. The van der Waals surface area contributed by atoms with Crippen molar-refractivity contribution in [3.8, 4) is 5.75 Å². The second-order valence-corrected chi connectivity index (χ2v) is 5.18. The molecule has 2 rings (SSSR count). The Balaban J connectivity index is 1.76. The molecule has 1 N–H and O–H groups in total. The summed E-state index contributed by atoms with van der Waals surface area (Å²) in [5, 5.41) is 3.43. The third-order valence-electron chi connectivity index (χ3n) is 3.40. The lowest BCUT2D eigenvalue weighted by Crippen LogP contribution is -2.20. The molecule has 1 aliphatic rings. The largest absolute Gasteiger partial charge is 0.492 e. The van der Waals surface area contributed by atoms with E-state index >= 15 is 0 Å². The van der Waals surface area contributed by atoms with E-state index in [1.807, 2.05) is 12.3 Å². The van der Waals surface area contributed by atoms with Gasteiger partial charge in [0.2, 0.25) is 0 Å². The maximum Gasteiger partial charge on any atom is 0.137 e. The lowest BCUT2D eigenvalue weighted by atomic mass is 10.2. The van der Waals surface area contributed by atoms with Crippen molar-refractivity contribution in [2.24, 2.45) is 5.92 Å². The number of nitrogens with one attached hydrogen (secondary N) is 1. The summed E-state index contributed by atoms with van der Waals surface area (Å²) in [5.74, 6) is 1.82. The molecule has 0 bridgehead atoms. The van der Waals surface area contributed by atoms with E-state index in [2.05, 4.69) is 30.2 Å². The fourth-order valence-corrected chi connectivity index (χ4v) is 1.95. The normalized spacial score (nSPS) is 16.6. The van der Waals surface area contributed by atoms with Crippen LogP contribution in [0.2, 0.25) is 0 Å². The predicted octanol–water partition coefficient (Wildman–Crippen LogP) is 3.32. The Morgan fingerprint density at radius 3 is 2.89 bits per heavy atom. The maximum atomic E-state index is 5.69. The molecular formula is C15H24N2O. The van der Waals surface area contributed by atoms with Crippen LogP contribution in [0.1, 0.15) is 51.3 Å². The molecule has 1 aliphatic carbocycles. The molecule has 0 aliphatic heterocycles. The molecule has 1 heterocycles. The molecule has 3 nitrogen and oxygen atoms in total. The summed E-state index contributed by atoms with van der Waals surface area (Å²) in [6.07, 6.45) is 6.96. The summed E-state index contributed by atoms with van der Waals surface area (Å²) in [5.41, 5.74) is 1.08. The minimum absolute atomic E-state index is 0.311. The van der Waals surface area contributed by atoms with Crippen molar-refractivity contribution in [2.45, 2.75) is 45.6 Å². The Kier molecular flexibility index (Phi) is 5.00.